The molecule has 2 rings (SSSR count). The van der Waals surface area contributed by atoms with Gasteiger partial charge in [0.1, 0.15) is 0 Å². The molecule has 1 nitrogen and oxygen atoms in total. The van der Waals surface area contributed by atoms with Crippen LogP contribution in [-0.2, 0) is 6.18 Å². The van der Waals surface area contributed by atoms with Crippen LogP contribution in [0.5, 0.6) is 0 Å². The maximum Gasteiger partial charge on any atom is 0.416 e. The first-order valence-electron chi connectivity index (χ1n) is 6.47. The van der Waals surface area contributed by atoms with Crippen LogP contribution in [0.3, 0.4) is 0 Å². The van der Waals surface area contributed by atoms with Crippen molar-refractivity contribution in [3.05, 3.63) is 76.3 Å². The van der Waals surface area contributed by atoms with Gasteiger partial charge in [0.15, 0.2) is 5.78 Å². The Bertz CT molecular complexity index is 715. The minimum atomic E-state index is -4.48. The van der Waals surface area contributed by atoms with Crippen LogP contribution in [0.1, 0.15) is 28.4 Å². The fourth-order valence-corrected chi connectivity index (χ4v) is 2.18. The summed E-state index contributed by atoms with van der Waals surface area (Å²) in [4.78, 5) is 12.5. The number of Topliss-reactive ketones (excluding diaryl/α,β-unsaturated/α-hetero) is 1. The third-order valence-electron chi connectivity index (χ3n) is 3.14. The van der Waals surface area contributed by atoms with Crippen LogP contribution in [0, 0.1) is 0 Å². The van der Waals surface area contributed by atoms with E-state index in [1.54, 1.807) is 37.3 Å². The van der Waals surface area contributed by atoms with Crippen LogP contribution in [0.15, 0.2) is 54.6 Å². The monoisotopic (exact) mass is 324 g/mol. The molecule has 2 aromatic rings. The van der Waals surface area contributed by atoms with E-state index < -0.39 is 17.5 Å². The van der Waals surface area contributed by atoms with Crippen molar-refractivity contribution >= 4 is 23.0 Å². The van der Waals surface area contributed by atoms with Crippen molar-refractivity contribution in [2.24, 2.45) is 0 Å². The van der Waals surface area contributed by atoms with Gasteiger partial charge in [-0.25, -0.2) is 0 Å². The Kier molecular flexibility index (Phi) is 4.71. The molecule has 0 fully saturated rings. The molecule has 0 bridgehead atoms. The van der Waals surface area contributed by atoms with Gasteiger partial charge in [0.25, 0.3) is 0 Å². The maximum absolute atomic E-state index is 12.7. The molecular formula is C17H12ClF3O. The van der Waals surface area contributed by atoms with E-state index in [-0.39, 0.29) is 5.56 Å². The van der Waals surface area contributed by atoms with Crippen LogP contribution in [0.2, 0.25) is 5.02 Å². The number of halogens is 4. The molecule has 0 spiro atoms. The van der Waals surface area contributed by atoms with Crippen molar-refractivity contribution in [1.29, 1.82) is 0 Å². The minimum absolute atomic E-state index is 0.00197. The average Bonchev–Trinajstić information content (AvgIpc) is 2.49. The summed E-state index contributed by atoms with van der Waals surface area (Å²) in [5.74, 6) is -0.462. The van der Waals surface area contributed by atoms with Crippen molar-refractivity contribution in [3.8, 4) is 0 Å². The van der Waals surface area contributed by atoms with Gasteiger partial charge in [0.05, 0.1) is 5.56 Å². The summed E-state index contributed by atoms with van der Waals surface area (Å²) in [6.45, 7) is 1.66. The van der Waals surface area contributed by atoms with Gasteiger partial charge in [-0.2, -0.15) is 13.2 Å². The lowest BCUT2D eigenvalue weighted by Crippen LogP contribution is -2.08. The second-order valence-electron chi connectivity index (χ2n) is 4.62. The van der Waals surface area contributed by atoms with E-state index in [1.807, 2.05) is 0 Å². The van der Waals surface area contributed by atoms with Crippen LogP contribution in [0.25, 0.3) is 5.57 Å². The Morgan fingerprint density at radius 3 is 2.23 bits per heavy atom. The third kappa shape index (κ3) is 3.57. The Morgan fingerprint density at radius 2 is 1.68 bits per heavy atom. The summed E-state index contributed by atoms with van der Waals surface area (Å²) in [7, 11) is 0. The molecule has 0 N–H and O–H groups in total. The zero-order valence-corrected chi connectivity index (χ0v) is 12.4. The van der Waals surface area contributed by atoms with Gasteiger partial charge < -0.3 is 0 Å². The van der Waals surface area contributed by atoms with E-state index >= 15 is 0 Å². The van der Waals surface area contributed by atoms with Gasteiger partial charge in [-0.3, -0.25) is 4.79 Å². The lowest BCUT2D eigenvalue weighted by Gasteiger charge is -2.10. The third-order valence-corrected chi connectivity index (χ3v) is 3.39. The van der Waals surface area contributed by atoms with Crippen molar-refractivity contribution < 1.29 is 18.0 Å². The second-order valence-corrected chi connectivity index (χ2v) is 5.05. The van der Waals surface area contributed by atoms with Gasteiger partial charge in [0.2, 0.25) is 0 Å². The Balaban J connectivity index is 2.40. The molecule has 5 heteroatoms. The van der Waals surface area contributed by atoms with E-state index in [4.69, 9.17) is 11.6 Å². The standard InChI is InChI=1S/C17H12ClF3O/c1-2-15(11-6-8-14(18)9-7-11)16(22)12-4-3-5-13(10-12)17(19,20)21/h2-10H,1H3. The Morgan fingerprint density at radius 1 is 1.05 bits per heavy atom. The Labute approximate surface area is 131 Å². The fraction of sp³-hybridized carbons (Fsp3) is 0.118. The SMILES string of the molecule is CC=C(C(=O)c1cccc(C(F)(F)F)c1)c1ccc(Cl)cc1. The molecule has 22 heavy (non-hydrogen) atoms. The van der Waals surface area contributed by atoms with E-state index in [0.29, 0.717) is 16.2 Å². The van der Waals surface area contributed by atoms with Crippen molar-refractivity contribution in [3.63, 3.8) is 0 Å². The molecular weight excluding hydrogens is 313 g/mol. The van der Waals surface area contributed by atoms with Crippen LogP contribution in [0.4, 0.5) is 13.2 Å². The number of hydrogen-bond donors (Lipinski definition) is 0. The maximum atomic E-state index is 12.7. The van der Waals surface area contributed by atoms with Crippen molar-refractivity contribution in [1.82, 2.24) is 0 Å². The molecule has 0 aromatic heterocycles. The summed E-state index contributed by atoms with van der Waals surface area (Å²) in [5, 5.41) is 0.519. The van der Waals surface area contributed by atoms with E-state index in [2.05, 4.69) is 0 Å². The van der Waals surface area contributed by atoms with Crippen molar-refractivity contribution in [2.75, 3.05) is 0 Å². The lowest BCUT2D eigenvalue weighted by molar-refractivity contribution is -0.137. The number of benzene rings is 2. The van der Waals surface area contributed by atoms with Crippen LogP contribution >= 0.6 is 11.6 Å². The quantitative estimate of drug-likeness (QED) is 0.527. The number of allylic oxidation sites excluding steroid dienone is 2. The number of ketones is 1. The van der Waals surface area contributed by atoms with Crippen LogP contribution in [-0.4, -0.2) is 5.78 Å². The number of rotatable bonds is 3. The van der Waals surface area contributed by atoms with E-state index in [1.165, 1.54) is 12.1 Å². The summed E-state index contributed by atoms with van der Waals surface area (Å²) in [6.07, 6.45) is -2.90. The zero-order chi connectivity index (χ0) is 16.3. The zero-order valence-electron chi connectivity index (χ0n) is 11.6. The molecule has 0 unspecified atom stereocenters. The van der Waals surface area contributed by atoms with E-state index in [9.17, 15) is 18.0 Å². The molecule has 2 aromatic carbocycles. The second kappa shape index (κ2) is 6.36. The highest BCUT2D eigenvalue weighted by Crippen LogP contribution is 2.30. The van der Waals surface area contributed by atoms with Gasteiger partial charge in [-0.15, -0.1) is 0 Å². The van der Waals surface area contributed by atoms with E-state index in [0.717, 1.165) is 12.1 Å². The molecule has 0 atom stereocenters. The predicted octanol–water partition coefficient (Wildman–Crippen LogP) is 5.65. The lowest BCUT2D eigenvalue weighted by atomic mass is 9.95. The van der Waals surface area contributed by atoms with Gasteiger partial charge in [-0.1, -0.05) is 41.9 Å². The molecule has 0 saturated heterocycles. The van der Waals surface area contributed by atoms with Gasteiger partial charge in [-0.05, 0) is 36.8 Å². The minimum Gasteiger partial charge on any atom is -0.289 e. The normalized spacial score (nSPS) is 12.3. The highest BCUT2D eigenvalue weighted by molar-refractivity contribution is 6.31. The molecule has 0 amide bonds. The fourth-order valence-electron chi connectivity index (χ4n) is 2.05. The number of carbonyl (C=O) groups excluding carboxylic acids is 1. The van der Waals surface area contributed by atoms with Gasteiger partial charge >= 0.3 is 6.18 Å². The molecule has 0 radical (unpaired) electrons. The highest BCUT2D eigenvalue weighted by atomic mass is 35.5. The summed E-state index contributed by atoms with van der Waals surface area (Å²) >= 11 is 5.80. The number of alkyl halides is 3. The largest absolute Gasteiger partial charge is 0.416 e. The average molecular weight is 325 g/mol. The predicted molar refractivity (Wildman–Crippen MR) is 80.9 cm³/mol. The highest BCUT2D eigenvalue weighted by Gasteiger charge is 2.31. The summed E-state index contributed by atoms with van der Waals surface area (Å²) in [6, 6.07) is 11.0. The molecule has 0 saturated carbocycles. The topological polar surface area (TPSA) is 17.1 Å². The molecule has 0 aliphatic heterocycles. The molecule has 0 aliphatic rings. The molecule has 0 aliphatic carbocycles. The van der Waals surface area contributed by atoms with Gasteiger partial charge in [0, 0.05) is 16.2 Å². The number of hydrogen-bond acceptors (Lipinski definition) is 1. The first kappa shape index (κ1) is 16.3. The Hall–Kier alpha value is -2.07. The molecule has 114 valence electrons. The summed E-state index contributed by atoms with van der Waals surface area (Å²) in [5.41, 5.74) is 0.0908. The summed E-state index contributed by atoms with van der Waals surface area (Å²) < 4.78 is 38.2. The smallest absolute Gasteiger partial charge is 0.289 e. The first-order chi connectivity index (χ1) is 10.3. The first-order valence-corrected chi connectivity index (χ1v) is 6.85. The number of carbonyl (C=O) groups is 1. The van der Waals surface area contributed by atoms with Crippen LogP contribution < -0.4 is 0 Å². The molecule has 0 heterocycles. The van der Waals surface area contributed by atoms with Crippen molar-refractivity contribution in [2.45, 2.75) is 13.1 Å².